The number of phenolic OH excluding ortho intramolecular Hbond substituents is 1. The summed E-state index contributed by atoms with van der Waals surface area (Å²) in [5, 5.41) is 41.1. The van der Waals surface area contributed by atoms with Gasteiger partial charge in [0.2, 0.25) is 0 Å². The average molecular weight is 574 g/mol. The first-order chi connectivity index (χ1) is 17.5. The Bertz CT molecular complexity index is 1070. The number of halogens is 2. The van der Waals surface area contributed by atoms with Gasteiger partial charge in [0.1, 0.15) is 5.75 Å². The zero-order chi connectivity index (χ0) is 25.9. The third-order valence-corrected chi connectivity index (χ3v) is 5.80. The highest BCUT2D eigenvalue weighted by Gasteiger charge is 2.37. The molecule has 0 bridgehead atoms. The molecule has 2 aromatic carbocycles. The molecule has 3 rings (SSSR count). The summed E-state index contributed by atoms with van der Waals surface area (Å²) in [5.41, 5.74) is 2.21. The molecular weight excluding hydrogens is 535 g/mol. The molecule has 212 valence electrons. The van der Waals surface area contributed by atoms with Crippen LogP contribution in [0, 0.1) is 0 Å². The first kappa shape index (κ1) is 33.6. The summed E-state index contributed by atoms with van der Waals surface area (Å²) in [7, 11) is 0. The number of phenols is 1. The molecular formula is C26H38Cl2N4O6. The Hall–Kier alpha value is -2.44. The maximum atomic E-state index is 13.9. The number of anilines is 2. The number of ketones is 2. The van der Waals surface area contributed by atoms with E-state index in [-0.39, 0.29) is 78.4 Å². The lowest BCUT2D eigenvalue weighted by Gasteiger charge is -2.26. The van der Waals surface area contributed by atoms with Crippen molar-refractivity contribution in [2.24, 2.45) is 0 Å². The van der Waals surface area contributed by atoms with Crippen molar-refractivity contribution in [1.29, 1.82) is 0 Å². The number of aromatic hydroxyl groups is 1. The van der Waals surface area contributed by atoms with Crippen LogP contribution in [-0.2, 0) is 11.3 Å². The lowest BCUT2D eigenvalue weighted by atomic mass is 9.79. The Morgan fingerprint density at radius 2 is 1.24 bits per heavy atom. The molecule has 0 aliphatic heterocycles. The smallest absolute Gasteiger partial charge is 0.200 e. The van der Waals surface area contributed by atoms with Gasteiger partial charge in [-0.1, -0.05) is 13.0 Å². The van der Waals surface area contributed by atoms with Gasteiger partial charge in [-0.05, 0) is 30.2 Å². The lowest BCUT2D eigenvalue weighted by Crippen LogP contribution is -2.29. The van der Waals surface area contributed by atoms with Crippen LogP contribution in [0.2, 0.25) is 0 Å². The van der Waals surface area contributed by atoms with Crippen LogP contribution in [0.4, 0.5) is 11.4 Å². The molecule has 0 heterocycles. The number of rotatable bonds is 16. The Morgan fingerprint density at radius 1 is 0.711 bits per heavy atom. The molecule has 38 heavy (non-hydrogen) atoms. The summed E-state index contributed by atoms with van der Waals surface area (Å²) in [5.74, 6) is -1.02. The number of carbonyl (C=O) groups excluding carboxylic acids is 2. The van der Waals surface area contributed by atoms with E-state index in [2.05, 4.69) is 21.3 Å². The van der Waals surface area contributed by atoms with E-state index in [1.807, 2.05) is 6.92 Å². The van der Waals surface area contributed by atoms with Gasteiger partial charge in [0, 0.05) is 62.8 Å². The van der Waals surface area contributed by atoms with Gasteiger partial charge in [0.25, 0.3) is 0 Å². The molecule has 1 aliphatic carbocycles. The number of aliphatic hydroxyl groups is 2. The molecule has 0 radical (unpaired) electrons. The minimum atomic E-state index is -0.428. The number of benzene rings is 2. The van der Waals surface area contributed by atoms with E-state index in [1.165, 1.54) is 6.07 Å². The average Bonchev–Trinajstić information content (AvgIpc) is 2.88. The van der Waals surface area contributed by atoms with Crippen molar-refractivity contribution in [3.05, 3.63) is 52.1 Å². The standard InChI is InChI=1S/C26H36N4O6.2ClH/c1-2-15-36-16-17-3-6-20(33)24-21(17)25(34)22-18(29-9-7-27-11-13-31)4-5-19(23(22)26(24)35)30-10-8-28-12-14-32;;/h3-6,27-33H,2,7-16H2,1H3;2*1H. The Morgan fingerprint density at radius 3 is 1.74 bits per heavy atom. The Labute approximate surface area is 235 Å². The van der Waals surface area contributed by atoms with Crippen LogP contribution < -0.4 is 21.3 Å². The molecule has 7 N–H and O–H groups in total. The first-order valence-electron chi connectivity index (χ1n) is 12.3. The molecule has 0 fully saturated rings. The van der Waals surface area contributed by atoms with Crippen LogP contribution in [0.25, 0.3) is 0 Å². The van der Waals surface area contributed by atoms with Crippen molar-refractivity contribution in [2.45, 2.75) is 20.0 Å². The fraction of sp³-hybridized carbons (Fsp3) is 0.462. The normalized spacial score (nSPS) is 11.8. The second-order valence-electron chi connectivity index (χ2n) is 8.42. The highest BCUT2D eigenvalue weighted by Crippen LogP contribution is 2.40. The second-order valence-corrected chi connectivity index (χ2v) is 8.42. The number of carbonyl (C=O) groups is 2. The molecule has 0 aromatic heterocycles. The number of ether oxygens (including phenoxy) is 1. The van der Waals surface area contributed by atoms with Gasteiger partial charge in [0.15, 0.2) is 11.6 Å². The fourth-order valence-corrected chi connectivity index (χ4v) is 4.17. The summed E-state index contributed by atoms with van der Waals surface area (Å²) in [6.45, 7) is 5.67. The van der Waals surface area contributed by atoms with Gasteiger partial charge in [-0.2, -0.15) is 0 Å². The maximum Gasteiger partial charge on any atom is 0.200 e. The Kier molecular flexibility index (Phi) is 15.2. The predicted molar refractivity (Wildman–Crippen MR) is 153 cm³/mol. The number of fused-ring (bicyclic) bond motifs is 2. The van der Waals surface area contributed by atoms with Crippen LogP contribution in [0.15, 0.2) is 24.3 Å². The fourth-order valence-electron chi connectivity index (χ4n) is 4.17. The predicted octanol–water partition coefficient (Wildman–Crippen LogP) is 1.93. The van der Waals surface area contributed by atoms with Gasteiger partial charge in [-0.3, -0.25) is 9.59 Å². The summed E-state index contributed by atoms with van der Waals surface area (Å²) >= 11 is 0. The molecule has 0 saturated heterocycles. The zero-order valence-electron chi connectivity index (χ0n) is 21.5. The number of hydrogen-bond donors (Lipinski definition) is 7. The van der Waals surface area contributed by atoms with Crippen molar-refractivity contribution in [2.75, 3.05) is 69.7 Å². The van der Waals surface area contributed by atoms with Gasteiger partial charge in [0.05, 0.1) is 36.5 Å². The Balaban J connectivity index is 0.00000361. The summed E-state index contributed by atoms with van der Waals surface area (Å²) in [6.07, 6.45) is 0.816. The van der Waals surface area contributed by atoms with Crippen LogP contribution in [0.5, 0.6) is 5.75 Å². The second kappa shape index (κ2) is 17.2. The molecule has 0 spiro atoms. The van der Waals surface area contributed by atoms with E-state index in [9.17, 15) is 14.7 Å². The van der Waals surface area contributed by atoms with Crippen molar-refractivity contribution >= 4 is 47.8 Å². The number of hydrogen-bond acceptors (Lipinski definition) is 10. The van der Waals surface area contributed by atoms with Crippen molar-refractivity contribution in [3.63, 3.8) is 0 Å². The third-order valence-electron chi connectivity index (χ3n) is 5.80. The molecule has 0 saturated carbocycles. The van der Waals surface area contributed by atoms with Crippen LogP contribution in [0.3, 0.4) is 0 Å². The molecule has 2 aromatic rings. The summed E-state index contributed by atoms with van der Waals surface area (Å²) < 4.78 is 5.66. The van der Waals surface area contributed by atoms with E-state index in [1.54, 1.807) is 18.2 Å². The minimum absolute atomic E-state index is 0. The highest BCUT2D eigenvalue weighted by molar-refractivity contribution is 6.33. The van der Waals surface area contributed by atoms with E-state index >= 15 is 0 Å². The molecule has 10 nitrogen and oxygen atoms in total. The molecule has 1 aliphatic rings. The van der Waals surface area contributed by atoms with Crippen LogP contribution in [-0.4, -0.2) is 86.0 Å². The number of nitrogens with one attached hydrogen (secondary N) is 4. The molecule has 0 unspecified atom stereocenters. The largest absolute Gasteiger partial charge is 0.507 e. The summed E-state index contributed by atoms with van der Waals surface area (Å²) in [6, 6.07) is 6.57. The van der Waals surface area contributed by atoms with Crippen molar-refractivity contribution in [3.8, 4) is 5.75 Å². The van der Waals surface area contributed by atoms with Gasteiger partial charge < -0.3 is 41.3 Å². The van der Waals surface area contributed by atoms with Gasteiger partial charge >= 0.3 is 0 Å². The molecule has 12 heteroatoms. The highest BCUT2D eigenvalue weighted by atomic mass is 35.5. The quantitative estimate of drug-likeness (QED) is 0.127. The topological polar surface area (TPSA) is 152 Å². The van der Waals surface area contributed by atoms with E-state index < -0.39 is 5.78 Å². The van der Waals surface area contributed by atoms with E-state index in [0.717, 1.165) is 6.42 Å². The monoisotopic (exact) mass is 572 g/mol. The van der Waals surface area contributed by atoms with Gasteiger partial charge in [-0.25, -0.2) is 0 Å². The zero-order valence-corrected chi connectivity index (χ0v) is 23.1. The van der Waals surface area contributed by atoms with Crippen LogP contribution in [0.1, 0.15) is 50.8 Å². The molecule has 0 atom stereocenters. The minimum Gasteiger partial charge on any atom is -0.507 e. The summed E-state index contributed by atoms with van der Waals surface area (Å²) in [4.78, 5) is 27.7. The van der Waals surface area contributed by atoms with Crippen LogP contribution >= 0.6 is 24.8 Å². The van der Waals surface area contributed by atoms with Gasteiger partial charge in [-0.15, -0.1) is 24.8 Å². The van der Waals surface area contributed by atoms with E-state index in [4.69, 9.17) is 14.9 Å². The first-order valence-corrected chi connectivity index (χ1v) is 12.3. The maximum absolute atomic E-state index is 13.9. The van der Waals surface area contributed by atoms with Crippen molar-refractivity contribution < 1.29 is 29.6 Å². The number of aliphatic hydroxyl groups excluding tert-OH is 2. The third kappa shape index (κ3) is 8.03. The molecule has 0 amide bonds. The van der Waals surface area contributed by atoms with E-state index in [0.29, 0.717) is 62.8 Å². The lowest BCUT2D eigenvalue weighted by molar-refractivity contribution is 0.0966. The SMILES string of the molecule is CCCOCc1ccc(O)c2c1C(=O)c1c(NCCNCCO)ccc(NCCNCCO)c1C2=O.Cl.Cl. The van der Waals surface area contributed by atoms with Crippen molar-refractivity contribution in [1.82, 2.24) is 10.6 Å².